The van der Waals surface area contributed by atoms with E-state index in [0.29, 0.717) is 17.8 Å². The van der Waals surface area contributed by atoms with Gasteiger partial charge in [0.1, 0.15) is 17.2 Å². The number of nitrogens with zero attached hydrogens (tertiary/aromatic N) is 1. The summed E-state index contributed by atoms with van der Waals surface area (Å²) in [6, 6.07) is 2.24. The summed E-state index contributed by atoms with van der Waals surface area (Å²) in [4.78, 5) is 7.03. The summed E-state index contributed by atoms with van der Waals surface area (Å²) in [5, 5.41) is 0. The van der Waals surface area contributed by atoms with Crippen LogP contribution >= 0.6 is 0 Å². The van der Waals surface area contributed by atoms with Crippen molar-refractivity contribution >= 4 is 11.0 Å². The highest BCUT2D eigenvalue weighted by Gasteiger charge is 2.09. The average molecular weight is 239 g/mol. The summed E-state index contributed by atoms with van der Waals surface area (Å²) in [7, 11) is 0. The number of imidazole rings is 1. The van der Waals surface area contributed by atoms with Crippen LogP contribution in [0, 0.1) is 11.6 Å². The number of nitrogens with two attached hydrogens (primary N) is 1. The Kier molecular flexibility index (Phi) is 3.38. The lowest BCUT2D eigenvalue weighted by Gasteiger charge is -2.01. The average Bonchev–Trinajstić information content (AvgIpc) is 2.60. The number of benzene rings is 1. The number of fused-ring (bicyclic) bond motifs is 1. The molecule has 0 saturated carbocycles. The summed E-state index contributed by atoms with van der Waals surface area (Å²) < 4.78 is 26.3. The van der Waals surface area contributed by atoms with Gasteiger partial charge in [-0.15, -0.1) is 0 Å². The van der Waals surface area contributed by atoms with Crippen LogP contribution in [0.3, 0.4) is 0 Å². The van der Waals surface area contributed by atoms with Gasteiger partial charge in [0.2, 0.25) is 0 Å². The predicted molar refractivity (Wildman–Crippen MR) is 62.6 cm³/mol. The molecule has 0 aliphatic heterocycles. The van der Waals surface area contributed by atoms with E-state index in [4.69, 9.17) is 5.73 Å². The lowest BCUT2D eigenvalue weighted by molar-refractivity contribution is 0.590. The van der Waals surface area contributed by atoms with Crippen molar-refractivity contribution in [1.82, 2.24) is 9.97 Å². The van der Waals surface area contributed by atoms with Gasteiger partial charge in [-0.1, -0.05) is 0 Å². The van der Waals surface area contributed by atoms with Crippen LogP contribution in [-0.4, -0.2) is 16.0 Å². The number of aromatic nitrogens is 2. The van der Waals surface area contributed by atoms with Crippen molar-refractivity contribution in [1.29, 1.82) is 0 Å². The van der Waals surface area contributed by atoms with Gasteiger partial charge < -0.3 is 10.7 Å². The summed E-state index contributed by atoms with van der Waals surface area (Å²) >= 11 is 0. The fourth-order valence-corrected chi connectivity index (χ4v) is 1.80. The Labute approximate surface area is 98.0 Å². The first-order valence-corrected chi connectivity index (χ1v) is 5.65. The topological polar surface area (TPSA) is 54.7 Å². The van der Waals surface area contributed by atoms with Gasteiger partial charge in [-0.3, -0.25) is 0 Å². The van der Waals surface area contributed by atoms with Gasteiger partial charge >= 0.3 is 0 Å². The van der Waals surface area contributed by atoms with Gasteiger partial charge in [0, 0.05) is 18.5 Å². The summed E-state index contributed by atoms with van der Waals surface area (Å²) in [5.74, 6) is -0.555. The van der Waals surface area contributed by atoms with E-state index in [2.05, 4.69) is 9.97 Å². The Morgan fingerprint density at radius 3 is 2.88 bits per heavy atom. The van der Waals surface area contributed by atoms with Crippen LogP contribution in [0.25, 0.3) is 11.0 Å². The molecule has 0 radical (unpaired) electrons. The van der Waals surface area contributed by atoms with Gasteiger partial charge in [-0.05, 0) is 25.8 Å². The second-order valence-electron chi connectivity index (χ2n) is 4.34. The van der Waals surface area contributed by atoms with Crippen LogP contribution in [0.1, 0.15) is 25.6 Å². The van der Waals surface area contributed by atoms with Crippen LogP contribution < -0.4 is 5.73 Å². The second kappa shape index (κ2) is 4.79. The zero-order valence-electron chi connectivity index (χ0n) is 9.63. The van der Waals surface area contributed by atoms with Gasteiger partial charge in [0.25, 0.3) is 0 Å². The van der Waals surface area contributed by atoms with E-state index < -0.39 is 11.6 Å². The number of hydrogen-bond donors (Lipinski definition) is 2. The predicted octanol–water partition coefficient (Wildman–Crippen LogP) is 2.51. The van der Waals surface area contributed by atoms with Crippen LogP contribution in [0.2, 0.25) is 0 Å². The summed E-state index contributed by atoms with van der Waals surface area (Å²) in [6.07, 6.45) is 2.45. The van der Waals surface area contributed by atoms with E-state index in [9.17, 15) is 8.78 Å². The molecule has 17 heavy (non-hydrogen) atoms. The van der Waals surface area contributed by atoms with Crippen LogP contribution in [0.4, 0.5) is 8.78 Å². The third kappa shape index (κ3) is 2.79. The summed E-state index contributed by atoms with van der Waals surface area (Å²) in [5.41, 5.74) is 6.23. The highest BCUT2D eigenvalue weighted by atomic mass is 19.1. The Balaban J connectivity index is 2.17. The van der Waals surface area contributed by atoms with Crippen LogP contribution in [-0.2, 0) is 6.42 Å². The molecule has 2 rings (SSSR count). The number of aromatic amines is 1. The van der Waals surface area contributed by atoms with Gasteiger partial charge in [-0.2, -0.15) is 0 Å². The minimum atomic E-state index is -0.630. The number of H-pyrrole nitrogens is 1. The molecule has 3 N–H and O–H groups in total. The number of hydrogen-bond acceptors (Lipinski definition) is 2. The maximum atomic E-state index is 13.4. The van der Waals surface area contributed by atoms with Gasteiger partial charge in [0.15, 0.2) is 5.82 Å². The van der Waals surface area contributed by atoms with E-state index in [-0.39, 0.29) is 11.6 Å². The molecule has 0 spiro atoms. The van der Waals surface area contributed by atoms with Gasteiger partial charge in [-0.25, -0.2) is 13.8 Å². The molecule has 1 atom stereocenters. The molecule has 0 fully saturated rings. The fourth-order valence-electron chi connectivity index (χ4n) is 1.80. The van der Waals surface area contributed by atoms with Crippen molar-refractivity contribution in [2.24, 2.45) is 5.73 Å². The van der Waals surface area contributed by atoms with Crippen molar-refractivity contribution in [3.63, 3.8) is 0 Å². The first-order chi connectivity index (χ1) is 8.06. The lowest BCUT2D eigenvalue weighted by Crippen LogP contribution is -2.14. The fraction of sp³-hybridized carbons (Fsp3) is 0.417. The van der Waals surface area contributed by atoms with E-state index in [1.165, 1.54) is 6.07 Å². The molecular weight excluding hydrogens is 224 g/mol. The van der Waals surface area contributed by atoms with Crippen molar-refractivity contribution < 1.29 is 8.78 Å². The summed E-state index contributed by atoms with van der Waals surface area (Å²) in [6.45, 7) is 1.94. The third-order valence-corrected chi connectivity index (χ3v) is 2.63. The number of aryl methyl sites for hydroxylation is 1. The number of nitrogens with one attached hydrogen (secondary N) is 1. The van der Waals surface area contributed by atoms with Crippen molar-refractivity contribution in [2.75, 3.05) is 0 Å². The van der Waals surface area contributed by atoms with Crippen LogP contribution in [0.15, 0.2) is 12.1 Å². The van der Waals surface area contributed by atoms with E-state index in [1.54, 1.807) is 0 Å². The molecule has 3 nitrogen and oxygen atoms in total. The minimum absolute atomic E-state index is 0.147. The molecule has 2 aromatic rings. The van der Waals surface area contributed by atoms with Crippen LogP contribution in [0.5, 0.6) is 0 Å². The standard InChI is InChI=1S/C12H15F2N3/c1-7(15)3-2-4-11-16-10-6-8(13)5-9(14)12(10)17-11/h5-7H,2-4,15H2,1H3,(H,16,17). The molecule has 0 saturated heterocycles. The highest BCUT2D eigenvalue weighted by molar-refractivity contribution is 5.75. The molecule has 1 aromatic heterocycles. The van der Waals surface area contributed by atoms with Gasteiger partial charge in [0.05, 0.1) is 5.52 Å². The molecule has 1 aromatic carbocycles. The molecule has 1 heterocycles. The Morgan fingerprint density at radius 2 is 2.18 bits per heavy atom. The van der Waals surface area contributed by atoms with E-state index >= 15 is 0 Å². The number of halogens is 2. The SMILES string of the molecule is CC(N)CCCc1nc2c(F)cc(F)cc2[nH]1. The third-order valence-electron chi connectivity index (χ3n) is 2.63. The normalized spacial score (nSPS) is 13.2. The number of rotatable bonds is 4. The van der Waals surface area contributed by atoms with Crippen molar-refractivity contribution in [3.05, 3.63) is 29.6 Å². The first-order valence-electron chi connectivity index (χ1n) is 5.65. The first kappa shape index (κ1) is 12.0. The smallest absolute Gasteiger partial charge is 0.153 e. The Morgan fingerprint density at radius 1 is 1.41 bits per heavy atom. The maximum absolute atomic E-state index is 13.4. The van der Waals surface area contributed by atoms with E-state index in [1.807, 2.05) is 6.92 Å². The van der Waals surface area contributed by atoms with E-state index in [0.717, 1.165) is 18.9 Å². The van der Waals surface area contributed by atoms with Crippen molar-refractivity contribution in [2.45, 2.75) is 32.2 Å². The van der Waals surface area contributed by atoms with Crippen molar-refractivity contribution in [3.8, 4) is 0 Å². The maximum Gasteiger partial charge on any atom is 0.153 e. The zero-order chi connectivity index (χ0) is 12.4. The molecule has 5 heteroatoms. The Hall–Kier alpha value is -1.49. The molecule has 92 valence electrons. The zero-order valence-corrected chi connectivity index (χ0v) is 9.63. The molecule has 0 amide bonds. The lowest BCUT2D eigenvalue weighted by atomic mass is 10.1. The minimum Gasteiger partial charge on any atom is -0.342 e. The molecule has 0 bridgehead atoms. The highest BCUT2D eigenvalue weighted by Crippen LogP contribution is 2.18. The molecule has 0 aliphatic carbocycles. The molecule has 1 unspecified atom stereocenters. The monoisotopic (exact) mass is 239 g/mol. The molecular formula is C12H15F2N3. The quantitative estimate of drug-likeness (QED) is 0.861. The molecule has 0 aliphatic rings. The largest absolute Gasteiger partial charge is 0.342 e. The second-order valence-corrected chi connectivity index (χ2v) is 4.34. The Bertz CT molecular complexity index is 520.